The van der Waals surface area contributed by atoms with E-state index in [0.29, 0.717) is 6.61 Å². The molecule has 1 aliphatic heterocycles. The normalized spacial score (nSPS) is 17.3. The topological polar surface area (TPSA) is 111 Å². The fraction of sp³-hybridized carbons (Fsp3) is 0.467. The second kappa shape index (κ2) is 8.61. The molecule has 25 heavy (non-hydrogen) atoms. The standard InChI is InChI=1S/C15H19ClN2O6S/c1-17-14(19)9-24-15(20)10-4-5-12(16)13(7-10)25(21,22)18-8-11-3-2-6-23-11/h4-5,7,11,18H,2-3,6,8-9H2,1H3,(H,17,19)/t11-/m1/s1. The molecule has 2 rings (SSSR count). The molecular formula is C15H19ClN2O6S. The number of hydrogen-bond acceptors (Lipinski definition) is 6. The molecule has 1 atom stereocenters. The SMILES string of the molecule is CNC(=O)COC(=O)c1ccc(Cl)c(S(=O)(=O)NC[C@H]2CCCO2)c1. The lowest BCUT2D eigenvalue weighted by Gasteiger charge is -2.13. The maximum atomic E-state index is 12.4. The van der Waals surface area contributed by atoms with Crippen molar-refractivity contribution < 1.29 is 27.5 Å². The zero-order valence-corrected chi connectivity index (χ0v) is 15.2. The lowest BCUT2D eigenvalue weighted by atomic mass is 10.2. The lowest BCUT2D eigenvalue weighted by Crippen LogP contribution is -2.32. The van der Waals surface area contributed by atoms with Gasteiger partial charge in [-0.25, -0.2) is 17.9 Å². The number of carbonyl (C=O) groups excluding carboxylic acids is 2. The number of hydrogen-bond donors (Lipinski definition) is 2. The zero-order chi connectivity index (χ0) is 18.4. The van der Waals surface area contributed by atoms with E-state index in [2.05, 4.69) is 10.0 Å². The molecule has 1 heterocycles. The minimum absolute atomic E-state index is 0.0224. The van der Waals surface area contributed by atoms with Gasteiger partial charge in [-0.15, -0.1) is 0 Å². The summed E-state index contributed by atoms with van der Waals surface area (Å²) in [4.78, 5) is 22.8. The number of benzene rings is 1. The third-order valence-electron chi connectivity index (χ3n) is 3.59. The molecule has 0 spiro atoms. The third kappa shape index (κ3) is 5.40. The first-order valence-corrected chi connectivity index (χ1v) is 9.48. The first kappa shape index (κ1) is 19.6. The summed E-state index contributed by atoms with van der Waals surface area (Å²) < 4.78 is 37.5. The molecule has 10 heteroatoms. The molecule has 0 radical (unpaired) electrons. The summed E-state index contributed by atoms with van der Waals surface area (Å²) in [5.41, 5.74) is -0.0224. The first-order chi connectivity index (χ1) is 11.8. The first-order valence-electron chi connectivity index (χ1n) is 7.62. The van der Waals surface area contributed by atoms with Gasteiger partial charge in [-0.3, -0.25) is 4.79 Å². The second-order valence-corrected chi connectivity index (χ2v) is 7.52. The van der Waals surface area contributed by atoms with Gasteiger partial charge in [0.25, 0.3) is 5.91 Å². The molecule has 0 bridgehead atoms. The predicted molar refractivity (Wildman–Crippen MR) is 90.0 cm³/mol. The Hall–Kier alpha value is -1.68. The van der Waals surface area contributed by atoms with Crippen molar-refractivity contribution in [1.82, 2.24) is 10.0 Å². The Kier molecular flexibility index (Phi) is 6.77. The molecule has 1 aromatic rings. The molecule has 138 valence electrons. The van der Waals surface area contributed by atoms with E-state index in [1.54, 1.807) is 0 Å². The minimum Gasteiger partial charge on any atom is -0.452 e. The maximum Gasteiger partial charge on any atom is 0.338 e. The number of nitrogens with one attached hydrogen (secondary N) is 2. The van der Waals surface area contributed by atoms with Gasteiger partial charge in [0.1, 0.15) is 4.90 Å². The summed E-state index contributed by atoms with van der Waals surface area (Å²) in [5.74, 6) is -1.30. The van der Waals surface area contributed by atoms with Gasteiger partial charge in [0.2, 0.25) is 10.0 Å². The number of likely N-dealkylation sites (N-methyl/N-ethyl adjacent to an activating group) is 1. The highest BCUT2D eigenvalue weighted by Crippen LogP contribution is 2.23. The van der Waals surface area contributed by atoms with Gasteiger partial charge in [0, 0.05) is 20.2 Å². The fourth-order valence-electron chi connectivity index (χ4n) is 2.21. The highest BCUT2D eigenvalue weighted by Gasteiger charge is 2.23. The summed E-state index contributed by atoms with van der Waals surface area (Å²) in [7, 11) is -2.51. The number of amides is 1. The van der Waals surface area contributed by atoms with Crippen LogP contribution in [-0.4, -0.2) is 53.2 Å². The molecule has 1 saturated heterocycles. The number of ether oxygens (including phenoxy) is 2. The molecule has 1 fully saturated rings. The van der Waals surface area contributed by atoms with Crippen LogP contribution in [0.1, 0.15) is 23.2 Å². The highest BCUT2D eigenvalue weighted by molar-refractivity contribution is 7.89. The van der Waals surface area contributed by atoms with Crippen LogP contribution < -0.4 is 10.0 Å². The van der Waals surface area contributed by atoms with Crippen molar-refractivity contribution in [3.63, 3.8) is 0 Å². The number of rotatable bonds is 7. The largest absolute Gasteiger partial charge is 0.452 e. The zero-order valence-electron chi connectivity index (χ0n) is 13.6. The van der Waals surface area contributed by atoms with Crippen LogP contribution in [0.2, 0.25) is 5.02 Å². The summed E-state index contributed by atoms with van der Waals surface area (Å²) in [6.07, 6.45) is 1.50. The Morgan fingerprint density at radius 1 is 1.40 bits per heavy atom. The molecule has 1 aliphatic rings. The molecule has 0 aliphatic carbocycles. The van der Waals surface area contributed by atoms with Crippen LogP contribution >= 0.6 is 11.6 Å². The molecule has 0 unspecified atom stereocenters. The summed E-state index contributed by atoms with van der Waals surface area (Å²) >= 11 is 5.96. The summed E-state index contributed by atoms with van der Waals surface area (Å²) in [6.45, 7) is 0.279. The number of carbonyl (C=O) groups is 2. The van der Waals surface area contributed by atoms with Crippen LogP contribution in [0.25, 0.3) is 0 Å². The van der Waals surface area contributed by atoms with Crippen LogP contribution in [0.3, 0.4) is 0 Å². The van der Waals surface area contributed by atoms with Crippen molar-refractivity contribution in [2.24, 2.45) is 0 Å². The van der Waals surface area contributed by atoms with E-state index >= 15 is 0 Å². The Labute approximate surface area is 150 Å². The smallest absolute Gasteiger partial charge is 0.338 e. The van der Waals surface area contributed by atoms with E-state index in [0.717, 1.165) is 18.9 Å². The lowest BCUT2D eigenvalue weighted by molar-refractivity contribution is -0.123. The van der Waals surface area contributed by atoms with E-state index in [-0.39, 0.29) is 28.1 Å². The van der Waals surface area contributed by atoms with Crippen molar-refractivity contribution in [1.29, 1.82) is 0 Å². The van der Waals surface area contributed by atoms with Gasteiger partial charge in [-0.05, 0) is 31.0 Å². The Morgan fingerprint density at radius 3 is 2.80 bits per heavy atom. The third-order valence-corrected chi connectivity index (χ3v) is 5.50. The van der Waals surface area contributed by atoms with Gasteiger partial charge < -0.3 is 14.8 Å². The van der Waals surface area contributed by atoms with Crippen LogP contribution in [0, 0.1) is 0 Å². The molecular weight excluding hydrogens is 372 g/mol. The van der Waals surface area contributed by atoms with Crippen molar-refractivity contribution in [3.8, 4) is 0 Å². The van der Waals surface area contributed by atoms with Gasteiger partial charge in [0.05, 0.1) is 16.7 Å². The minimum atomic E-state index is -3.92. The summed E-state index contributed by atoms with van der Waals surface area (Å²) in [6, 6.07) is 3.73. The van der Waals surface area contributed by atoms with Crippen LogP contribution in [0.4, 0.5) is 0 Å². The van der Waals surface area contributed by atoms with Gasteiger partial charge in [-0.1, -0.05) is 11.6 Å². The van der Waals surface area contributed by atoms with Crippen molar-refractivity contribution in [2.75, 3.05) is 26.8 Å². The molecule has 8 nitrogen and oxygen atoms in total. The van der Waals surface area contributed by atoms with Gasteiger partial charge in [0.15, 0.2) is 6.61 Å². The van der Waals surface area contributed by atoms with Crippen molar-refractivity contribution >= 4 is 33.5 Å². The summed E-state index contributed by atoms with van der Waals surface area (Å²) in [5, 5.41) is 2.28. The number of esters is 1. The van der Waals surface area contributed by atoms with E-state index in [4.69, 9.17) is 21.1 Å². The average molecular weight is 391 g/mol. The van der Waals surface area contributed by atoms with Crippen LogP contribution in [-0.2, 0) is 24.3 Å². The van der Waals surface area contributed by atoms with E-state index in [9.17, 15) is 18.0 Å². The Balaban J connectivity index is 2.11. The number of halogens is 1. The van der Waals surface area contributed by atoms with Crippen LogP contribution in [0.15, 0.2) is 23.1 Å². The Bertz CT molecular complexity index is 746. The van der Waals surface area contributed by atoms with E-state index in [1.165, 1.54) is 19.2 Å². The second-order valence-electron chi connectivity index (χ2n) is 5.38. The highest BCUT2D eigenvalue weighted by atomic mass is 35.5. The number of sulfonamides is 1. The maximum absolute atomic E-state index is 12.4. The fourth-order valence-corrected chi connectivity index (χ4v) is 3.80. The predicted octanol–water partition coefficient (Wildman–Crippen LogP) is 0.700. The molecule has 0 saturated carbocycles. The average Bonchev–Trinajstić information content (AvgIpc) is 3.11. The van der Waals surface area contributed by atoms with Crippen molar-refractivity contribution in [3.05, 3.63) is 28.8 Å². The molecule has 1 aromatic carbocycles. The van der Waals surface area contributed by atoms with Gasteiger partial charge >= 0.3 is 5.97 Å². The van der Waals surface area contributed by atoms with Crippen molar-refractivity contribution in [2.45, 2.75) is 23.8 Å². The molecule has 2 N–H and O–H groups in total. The molecule has 1 amide bonds. The van der Waals surface area contributed by atoms with E-state index < -0.39 is 28.5 Å². The van der Waals surface area contributed by atoms with E-state index in [1.807, 2.05) is 0 Å². The quantitative estimate of drug-likeness (QED) is 0.663. The molecule has 0 aromatic heterocycles. The van der Waals surface area contributed by atoms with Crippen LogP contribution in [0.5, 0.6) is 0 Å². The Morgan fingerprint density at radius 2 is 2.16 bits per heavy atom. The van der Waals surface area contributed by atoms with Gasteiger partial charge in [-0.2, -0.15) is 0 Å². The monoisotopic (exact) mass is 390 g/mol.